The largest absolute Gasteiger partial charge is 0.495 e. The molecule has 1 aliphatic heterocycles. The highest BCUT2D eigenvalue weighted by Gasteiger charge is 2.25. The zero-order chi connectivity index (χ0) is 29.1. The summed E-state index contributed by atoms with van der Waals surface area (Å²) < 4.78 is 7.90. The summed E-state index contributed by atoms with van der Waals surface area (Å²) in [6.45, 7) is 3.61. The fourth-order valence-corrected chi connectivity index (χ4v) is 6.29. The summed E-state index contributed by atoms with van der Waals surface area (Å²) in [6.07, 6.45) is 1.04. The lowest BCUT2D eigenvalue weighted by atomic mass is 10.0. The molecule has 5 nitrogen and oxygen atoms in total. The van der Waals surface area contributed by atoms with Crippen LogP contribution in [0.1, 0.15) is 17.5 Å². The van der Waals surface area contributed by atoms with Gasteiger partial charge in [0.2, 0.25) is 5.91 Å². The second-order valence-corrected chi connectivity index (χ2v) is 11.5. The van der Waals surface area contributed by atoms with Crippen molar-refractivity contribution < 1.29 is 9.53 Å². The lowest BCUT2D eigenvalue weighted by Gasteiger charge is -2.36. The third-order valence-corrected chi connectivity index (χ3v) is 8.57. The van der Waals surface area contributed by atoms with E-state index in [0.29, 0.717) is 42.5 Å². The first-order chi connectivity index (χ1) is 20.5. The number of amides is 1. The Morgan fingerprint density at radius 3 is 2.24 bits per heavy atom. The number of nitrogens with zero attached hydrogens (tertiary/aromatic N) is 3. The van der Waals surface area contributed by atoms with Crippen molar-refractivity contribution >= 4 is 45.7 Å². The normalized spacial score (nSPS) is 13.5. The van der Waals surface area contributed by atoms with Crippen molar-refractivity contribution in [3.05, 3.63) is 118 Å². The van der Waals surface area contributed by atoms with Crippen LogP contribution in [0.15, 0.2) is 97.1 Å². The SMILES string of the molecule is COc1ccccc1N1CCN(C(=O)CCc2c(-c3ccc(Cl)cc3)n(Cc3ccccc3)c3ccc(Cl)cc23)CC1. The molecule has 1 saturated heterocycles. The van der Waals surface area contributed by atoms with Crippen molar-refractivity contribution in [1.82, 2.24) is 9.47 Å². The first kappa shape index (κ1) is 28.2. The molecule has 0 atom stereocenters. The molecule has 0 unspecified atom stereocenters. The fourth-order valence-electron chi connectivity index (χ4n) is 6.00. The molecule has 1 amide bonds. The van der Waals surface area contributed by atoms with Gasteiger partial charge < -0.3 is 19.1 Å². The molecule has 1 aromatic heterocycles. The van der Waals surface area contributed by atoms with Gasteiger partial charge in [-0.2, -0.15) is 0 Å². The minimum atomic E-state index is 0.169. The van der Waals surface area contributed by atoms with Crippen LogP contribution in [0.3, 0.4) is 0 Å². The number of anilines is 1. The lowest BCUT2D eigenvalue weighted by molar-refractivity contribution is -0.131. The highest BCUT2D eigenvalue weighted by Crippen LogP contribution is 2.37. The number of piperazine rings is 1. The summed E-state index contributed by atoms with van der Waals surface area (Å²) in [5, 5.41) is 2.45. The van der Waals surface area contributed by atoms with Crippen LogP contribution in [0.5, 0.6) is 5.75 Å². The maximum Gasteiger partial charge on any atom is 0.223 e. The Bertz CT molecular complexity index is 1690. The standard InChI is InChI=1S/C35H33Cl2N3O2/c1-42-33-10-6-5-9-32(33)38-19-21-39(22-20-38)34(41)18-16-29-30-23-28(37)15-17-31(30)40(24-25-7-3-2-4-8-25)35(29)26-11-13-27(36)14-12-26/h2-15,17,23H,16,18-22,24H2,1H3. The summed E-state index contributed by atoms with van der Waals surface area (Å²) in [7, 11) is 1.70. The summed E-state index contributed by atoms with van der Waals surface area (Å²) in [6, 6.07) is 32.5. The number of methoxy groups -OCH3 is 1. The summed E-state index contributed by atoms with van der Waals surface area (Å²) >= 11 is 12.8. The molecule has 0 bridgehead atoms. The summed E-state index contributed by atoms with van der Waals surface area (Å²) in [5.41, 5.74) is 6.67. The number of fused-ring (bicyclic) bond motifs is 1. The second kappa shape index (κ2) is 12.5. The first-order valence-corrected chi connectivity index (χ1v) is 15.0. The molecule has 0 saturated carbocycles. The number of carbonyl (C=O) groups excluding carboxylic acids is 1. The molecule has 5 aromatic rings. The first-order valence-electron chi connectivity index (χ1n) is 14.3. The number of aromatic nitrogens is 1. The van der Waals surface area contributed by atoms with Gasteiger partial charge in [0.15, 0.2) is 0 Å². The monoisotopic (exact) mass is 597 g/mol. The van der Waals surface area contributed by atoms with Crippen LogP contribution in [-0.2, 0) is 17.8 Å². The Kier molecular flexibility index (Phi) is 8.41. The van der Waals surface area contributed by atoms with E-state index >= 15 is 0 Å². The number of rotatable bonds is 8. The van der Waals surface area contributed by atoms with Crippen LogP contribution in [0, 0.1) is 0 Å². The minimum absolute atomic E-state index is 0.169. The average molecular weight is 599 g/mol. The zero-order valence-corrected chi connectivity index (χ0v) is 25.1. The molecular weight excluding hydrogens is 565 g/mol. The Morgan fingerprint density at radius 1 is 0.810 bits per heavy atom. The average Bonchev–Trinajstić information content (AvgIpc) is 3.32. The number of halogens is 2. The van der Waals surface area contributed by atoms with Gasteiger partial charge in [0.25, 0.3) is 0 Å². The van der Waals surface area contributed by atoms with Crippen molar-refractivity contribution in [3.63, 3.8) is 0 Å². The van der Waals surface area contributed by atoms with Gasteiger partial charge in [-0.15, -0.1) is 0 Å². The number of ether oxygens (including phenoxy) is 1. The van der Waals surface area contributed by atoms with Gasteiger partial charge in [-0.05, 0) is 65.6 Å². The predicted molar refractivity (Wildman–Crippen MR) is 173 cm³/mol. The summed E-state index contributed by atoms with van der Waals surface area (Å²) in [4.78, 5) is 17.8. The molecule has 0 spiro atoms. The van der Waals surface area contributed by atoms with E-state index in [-0.39, 0.29) is 5.91 Å². The Balaban J connectivity index is 1.28. The molecule has 214 valence electrons. The van der Waals surface area contributed by atoms with Crippen LogP contribution in [0.4, 0.5) is 5.69 Å². The highest BCUT2D eigenvalue weighted by molar-refractivity contribution is 6.31. The van der Waals surface area contributed by atoms with Crippen molar-refractivity contribution in [3.8, 4) is 17.0 Å². The van der Waals surface area contributed by atoms with E-state index in [0.717, 1.165) is 52.3 Å². The van der Waals surface area contributed by atoms with Crippen LogP contribution in [-0.4, -0.2) is 48.7 Å². The van der Waals surface area contributed by atoms with E-state index in [1.165, 1.54) is 5.56 Å². The zero-order valence-electron chi connectivity index (χ0n) is 23.6. The minimum Gasteiger partial charge on any atom is -0.495 e. The van der Waals surface area contributed by atoms with E-state index in [4.69, 9.17) is 27.9 Å². The van der Waals surface area contributed by atoms with Gasteiger partial charge in [-0.3, -0.25) is 4.79 Å². The molecule has 4 aromatic carbocycles. The van der Waals surface area contributed by atoms with Crippen LogP contribution < -0.4 is 9.64 Å². The van der Waals surface area contributed by atoms with Crippen LogP contribution >= 0.6 is 23.2 Å². The molecule has 1 fully saturated rings. The van der Waals surface area contributed by atoms with Crippen LogP contribution in [0.25, 0.3) is 22.2 Å². The van der Waals surface area contributed by atoms with E-state index in [1.807, 2.05) is 53.4 Å². The van der Waals surface area contributed by atoms with Crippen molar-refractivity contribution in [2.24, 2.45) is 0 Å². The molecule has 1 aliphatic rings. The predicted octanol–water partition coefficient (Wildman–Crippen LogP) is 7.95. The van der Waals surface area contributed by atoms with E-state index in [1.54, 1.807) is 7.11 Å². The third kappa shape index (κ3) is 5.85. The number of carbonyl (C=O) groups is 1. The maximum absolute atomic E-state index is 13.6. The lowest BCUT2D eigenvalue weighted by Crippen LogP contribution is -2.48. The van der Waals surface area contributed by atoms with Gasteiger partial charge in [-0.25, -0.2) is 0 Å². The highest BCUT2D eigenvalue weighted by atomic mass is 35.5. The quantitative estimate of drug-likeness (QED) is 0.182. The van der Waals surface area contributed by atoms with Gasteiger partial charge in [0.05, 0.1) is 18.5 Å². The van der Waals surface area contributed by atoms with Gasteiger partial charge in [0, 0.05) is 60.1 Å². The molecule has 0 aliphatic carbocycles. The molecule has 0 N–H and O–H groups in total. The number of benzene rings is 4. The van der Waals surface area contributed by atoms with E-state index in [9.17, 15) is 4.79 Å². The van der Waals surface area contributed by atoms with Gasteiger partial charge in [0.1, 0.15) is 5.75 Å². The Labute approximate surface area is 256 Å². The Morgan fingerprint density at radius 2 is 1.50 bits per heavy atom. The van der Waals surface area contributed by atoms with Crippen molar-refractivity contribution in [2.75, 3.05) is 38.2 Å². The Hall–Kier alpha value is -3.93. The third-order valence-electron chi connectivity index (χ3n) is 8.08. The summed E-state index contributed by atoms with van der Waals surface area (Å²) in [5.74, 6) is 1.03. The number of para-hydroxylation sites is 2. The van der Waals surface area contributed by atoms with Gasteiger partial charge in [-0.1, -0.05) is 77.8 Å². The molecule has 2 heterocycles. The molecule has 6 rings (SSSR count). The molecular formula is C35H33Cl2N3O2. The maximum atomic E-state index is 13.6. The number of aryl methyl sites for hydroxylation is 1. The van der Waals surface area contributed by atoms with Gasteiger partial charge >= 0.3 is 0 Å². The molecule has 0 radical (unpaired) electrons. The van der Waals surface area contributed by atoms with Crippen LogP contribution in [0.2, 0.25) is 10.0 Å². The number of hydrogen-bond acceptors (Lipinski definition) is 3. The van der Waals surface area contributed by atoms with Crippen molar-refractivity contribution in [1.29, 1.82) is 0 Å². The number of hydrogen-bond donors (Lipinski definition) is 0. The smallest absolute Gasteiger partial charge is 0.223 e. The molecule has 42 heavy (non-hydrogen) atoms. The fraction of sp³-hybridized carbons (Fsp3) is 0.229. The topological polar surface area (TPSA) is 37.7 Å². The second-order valence-electron chi connectivity index (χ2n) is 10.6. The van der Waals surface area contributed by atoms with E-state index < -0.39 is 0 Å². The molecule has 7 heteroatoms. The van der Waals surface area contributed by atoms with E-state index in [2.05, 4.69) is 58.0 Å². The van der Waals surface area contributed by atoms with Crippen molar-refractivity contribution in [2.45, 2.75) is 19.4 Å².